The van der Waals surface area contributed by atoms with E-state index in [0.717, 1.165) is 11.1 Å². The Hall–Kier alpha value is -3.19. The number of hydrogen-bond donors (Lipinski definition) is 1. The highest BCUT2D eigenvalue weighted by atomic mass is 32.2. The fraction of sp³-hybridized carbons (Fsp3) is 0.0952. The van der Waals surface area contributed by atoms with Crippen molar-refractivity contribution in [2.45, 2.75) is 4.90 Å². The highest BCUT2D eigenvalue weighted by Gasteiger charge is 2.15. The minimum atomic E-state index is -3.78. The first kappa shape index (κ1) is 19.6. The number of ether oxygens (including phenoxy) is 1. The van der Waals surface area contributed by atoms with Crippen molar-refractivity contribution in [2.75, 3.05) is 18.0 Å². The average molecular weight is 398 g/mol. The molecule has 3 rings (SSSR count). The molecule has 1 aromatic heterocycles. The fourth-order valence-corrected chi connectivity index (χ4v) is 3.56. The molecule has 0 saturated heterocycles. The first-order chi connectivity index (χ1) is 13.6. The minimum absolute atomic E-state index is 0.0679. The zero-order valence-electron chi connectivity index (χ0n) is 15.0. The zero-order chi connectivity index (χ0) is 19.8. The molecule has 0 fully saturated rings. The Morgan fingerprint density at radius 3 is 2.39 bits per heavy atom. The lowest BCUT2D eigenvalue weighted by atomic mass is 10.1. The molecule has 0 saturated carbocycles. The lowest BCUT2D eigenvalue weighted by Gasteiger charge is -2.11. The number of nitrogens with zero attached hydrogens (tertiary/aromatic N) is 1. The third-order valence-corrected chi connectivity index (χ3v) is 5.23. The summed E-state index contributed by atoms with van der Waals surface area (Å²) < 4.78 is 45.3. The van der Waals surface area contributed by atoms with Crippen molar-refractivity contribution in [1.29, 1.82) is 0 Å². The van der Waals surface area contributed by atoms with E-state index < -0.39 is 16.7 Å². The highest BCUT2D eigenvalue weighted by Crippen LogP contribution is 2.23. The largest absolute Gasteiger partial charge is 0.491 e. The van der Waals surface area contributed by atoms with Gasteiger partial charge in [0.2, 0.25) is 0 Å². The van der Waals surface area contributed by atoms with E-state index in [4.69, 9.17) is 4.74 Å². The van der Waals surface area contributed by atoms with Crippen molar-refractivity contribution < 1.29 is 17.5 Å². The highest BCUT2D eigenvalue weighted by molar-refractivity contribution is 7.92. The molecule has 0 spiro atoms. The Morgan fingerprint density at radius 2 is 1.68 bits per heavy atom. The van der Waals surface area contributed by atoms with Gasteiger partial charge in [0.05, 0.1) is 10.6 Å². The van der Waals surface area contributed by atoms with Crippen molar-refractivity contribution in [1.82, 2.24) is 4.98 Å². The number of aromatic nitrogens is 1. The van der Waals surface area contributed by atoms with Gasteiger partial charge in [-0.25, -0.2) is 12.8 Å². The van der Waals surface area contributed by atoms with Crippen molar-refractivity contribution in [3.05, 3.63) is 84.2 Å². The molecule has 2 aromatic carbocycles. The van der Waals surface area contributed by atoms with Crippen molar-refractivity contribution in [3.63, 3.8) is 0 Å². The van der Waals surface area contributed by atoms with E-state index in [1.807, 2.05) is 36.4 Å². The van der Waals surface area contributed by atoms with Gasteiger partial charge in [-0.1, -0.05) is 30.4 Å². The fourth-order valence-electron chi connectivity index (χ4n) is 2.47. The molecule has 144 valence electrons. The molecule has 7 heteroatoms. The summed E-state index contributed by atoms with van der Waals surface area (Å²) in [4.78, 5) is 4.06. The third-order valence-electron chi connectivity index (χ3n) is 3.85. The molecule has 28 heavy (non-hydrogen) atoms. The second kappa shape index (κ2) is 9.14. The van der Waals surface area contributed by atoms with Crippen LogP contribution >= 0.6 is 0 Å². The number of sulfonamides is 1. The summed E-state index contributed by atoms with van der Waals surface area (Å²) in [5.74, 6) is 0.414. The standard InChI is InChI=1S/C21H19FN2O3S/c22-13-16-27-19-7-9-20(10-8-19)28(25,26)24-21-4-2-1-3-18(21)6-5-17-11-14-23-15-12-17/h1-12,14-15,24H,13,16H2/b6-5+. The van der Waals surface area contributed by atoms with Gasteiger partial charge >= 0.3 is 0 Å². The summed E-state index contributed by atoms with van der Waals surface area (Å²) in [7, 11) is -3.78. The molecule has 0 aliphatic heterocycles. The van der Waals surface area contributed by atoms with Crippen LogP contribution in [0.5, 0.6) is 5.75 Å². The maximum absolute atomic E-state index is 12.7. The van der Waals surface area contributed by atoms with Crippen LogP contribution in [0.2, 0.25) is 0 Å². The number of alkyl halides is 1. The molecular weight excluding hydrogens is 379 g/mol. The number of para-hydroxylation sites is 1. The first-order valence-electron chi connectivity index (χ1n) is 8.57. The van der Waals surface area contributed by atoms with E-state index in [0.29, 0.717) is 11.4 Å². The van der Waals surface area contributed by atoms with Crippen LogP contribution in [0.25, 0.3) is 12.2 Å². The molecule has 1 heterocycles. The molecule has 0 unspecified atom stereocenters. The van der Waals surface area contributed by atoms with Crippen LogP contribution in [0, 0.1) is 0 Å². The van der Waals surface area contributed by atoms with Crippen LogP contribution < -0.4 is 9.46 Å². The summed E-state index contributed by atoms with van der Waals surface area (Å²) in [6, 6.07) is 16.7. The molecular formula is C21H19FN2O3S. The quantitative estimate of drug-likeness (QED) is 0.611. The molecule has 0 aliphatic carbocycles. The molecule has 3 aromatic rings. The van der Waals surface area contributed by atoms with Crippen LogP contribution in [0.15, 0.2) is 78.0 Å². The zero-order valence-corrected chi connectivity index (χ0v) is 15.8. The molecule has 0 aliphatic rings. The number of pyridine rings is 1. The van der Waals surface area contributed by atoms with Crippen LogP contribution in [0.1, 0.15) is 11.1 Å². The van der Waals surface area contributed by atoms with E-state index in [1.54, 1.807) is 24.5 Å². The van der Waals surface area contributed by atoms with E-state index in [1.165, 1.54) is 24.3 Å². The molecule has 5 nitrogen and oxygen atoms in total. The number of nitrogens with one attached hydrogen (secondary N) is 1. The summed E-state index contributed by atoms with van der Waals surface area (Å²) in [5, 5.41) is 0. The maximum Gasteiger partial charge on any atom is 0.261 e. The first-order valence-corrected chi connectivity index (χ1v) is 10.1. The van der Waals surface area contributed by atoms with Crippen LogP contribution in [-0.4, -0.2) is 26.7 Å². The summed E-state index contributed by atoms with van der Waals surface area (Å²) in [6.45, 7) is -0.674. The second-order valence-corrected chi connectivity index (χ2v) is 7.50. The smallest absolute Gasteiger partial charge is 0.261 e. The van der Waals surface area contributed by atoms with E-state index in [2.05, 4.69) is 9.71 Å². The summed E-state index contributed by atoms with van der Waals surface area (Å²) in [5.41, 5.74) is 2.15. The molecule has 0 atom stereocenters. The predicted molar refractivity (Wildman–Crippen MR) is 108 cm³/mol. The van der Waals surface area contributed by atoms with E-state index in [-0.39, 0.29) is 11.5 Å². The number of hydrogen-bond acceptors (Lipinski definition) is 4. The topological polar surface area (TPSA) is 68.3 Å². The summed E-state index contributed by atoms with van der Waals surface area (Å²) in [6.07, 6.45) is 7.09. The Balaban J connectivity index is 1.80. The summed E-state index contributed by atoms with van der Waals surface area (Å²) >= 11 is 0. The van der Waals surface area contributed by atoms with Crippen molar-refractivity contribution in [2.24, 2.45) is 0 Å². The Morgan fingerprint density at radius 1 is 0.964 bits per heavy atom. The Labute approximate surface area is 163 Å². The van der Waals surface area contributed by atoms with Gasteiger partial charge in [-0.15, -0.1) is 0 Å². The van der Waals surface area contributed by atoms with Gasteiger partial charge in [0.25, 0.3) is 10.0 Å². The van der Waals surface area contributed by atoms with E-state index in [9.17, 15) is 12.8 Å². The lowest BCUT2D eigenvalue weighted by molar-refractivity contribution is 0.273. The maximum atomic E-state index is 12.7. The normalized spacial score (nSPS) is 11.5. The van der Waals surface area contributed by atoms with Gasteiger partial charge in [0, 0.05) is 12.4 Å². The lowest BCUT2D eigenvalue weighted by Crippen LogP contribution is -2.13. The molecule has 0 radical (unpaired) electrons. The van der Waals surface area contributed by atoms with Crippen LogP contribution in [0.4, 0.5) is 10.1 Å². The van der Waals surface area contributed by atoms with Crippen molar-refractivity contribution >= 4 is 27.9 Å². The average Bonchev–Trinajstić information content (AvgIpc) is 2.72. The number of anilines is 1. The Kier molecular flexibility index (Phi) is 6.39. The Bertz CT molecular complexity index is 1040. The van der Waals surface area contributed by atoms with Gasteiger partial charge < -0.3 is 4.74 Å². The number of rotatable bonds is 8. The van der Waals surface area contributed by atoms with Gasteiger partial charge in [0.15, 0.2) is 0 Å². The molecule has 0 amide bonds. The molecule has 0 bridgehead atoms. The van der Waals surface area contributed by atoms with Gasteiger partial charge in [0.1, 0.15) is 19.0 Å². The van der Waals surface area contributed by atoms with Gasteiger partial charge in [-0.2, -0.15) is 0 Å². The van der Waals surface area contributed by atoms with Crippen LogP contribution in [0.3, 0.4) is 0 Å². The SMILES string of the molecule is O=S(=O)(Nc1ccccc1/C=C/c1ccncc1)c1ccc(OCCF)cc1. The number of benzene rings is 2. The van der Waals surface area contributed by atoms with E-state index >= 15 is 0 Å². The minimum Gasteiger partial charge on any atom is -0.491 e. The molecule has 1 N–H and O–H groups in total. The number of halogens is 1. The second-order valence-electron chi connectivity index (χ2n) is 5.82. The predicted octanol–water partition coefficient (Wildman–Crippen LogP) is 4.40. The van der Waals surface area contributed by atoms with Gasteiger partial charge in [-0.05, 0) is 53.6 Å². The van der Waals surface area contributed by atoms with Gasteiger partial charge in [-0.3, -0.25) is 9.71 Å². The monoisotopic (exact) mass is 398 g/mol. The van der Waals surface area contributed by atoms with Crippen molar-refractivity contribution in [3.8, 4) is 5.75 Å². The third kappa shape index (κ3) is 5.17. The van der Waals surface area contributed by atoms with Crippen LogP contribution in [-0.2, 0) is 10.0 Å².